The molecular weight excluding hydrogens is 202 g/mol. The molecule has 0 aliphatic carbocycles. The summed E-state index contributed by atoms with van der Waals surface area (Å²) >= 11 is 0. The first-order chi connectivity index (χ1) is 7.10. The number of nitrogens with one attached hydrogen (secondary N) is 1. The first-order valence-electron chi connectivity index (χ1n) is 4.35. The number of hydrogen-bond donors (Lipinski definition) is 4. The molecular formula is C8H13N3O4. The summed E-state index contributed by atoms with van der Waals surface area (Å²) in [7, 11) is 1.56. The van der Waals surface area contributed by atoms with E-state index < -0.39 is 18.7 Å². The van der Waals surface area contributed by atoms with Gasteiger partial charge in [-0.05, 0) is 0 Å². The Balaban J connectivity index is 2.97. The zero-order valence-electron chi connectivity index (χ0n) is 8.21. The molecule has 7 nitrogen and oxygen atoms in total. The van der Waals surface area contributed by atoms with E-state index in [2.05, 4.69) is 10.3 Å². The predicted octanol–water partition coefficient (Wildman–Crippen LogP) is -1.02. The quantitative estimate of drug-likeness (QED) is 0.500. The highest BCUT2D eigenvalue weighted by Crippen LogP contribution is 2.13. The maximum Gasteiger partial charge on any atom is 0.356 e. The number of hydrogen-bond acceptors (Lipinski definition) is 5. The van der Waals surface area contributed by atoms with E-state index in [-0.39, 0.29) is 18.1 Å². The van der Waals surface area contributed by atoms with E-state index in [9.17, 15) is 9.90 Å². The van der Waals surface area contributed by atoms with Gasteiger partial charge in [0.2, 0.25) is 0 Å². The Morgan fingerprint density at radius 2 is 2.40 bits per heavy atom. The Hall–Kier alpha value is -1.60. The van der Waals surface area contributed by atoms with Gasteiger partial charge >= 0.3 is 5.97 Å². The normalized spacial score (nSPS) is 12.5. The second kappa shape index (κ2) is 4.76. The van der Waals surface area contributed by atoms with Crippen molar-refractivity contribution in [1.29, 1.82) is 0 Å². The fourth-order valence-corrected chi connectivity index (χ4v) is 1.21. The molecule has 0 aromatic carbocycles. The number of aromatic nitrogens is 2. The van der Waals surface area contributed by atoms with E-state index in [0.29, 0.717) is 0 Å². The van der Waals surface area contributed by atoms with E-state index in [1.165, 1.54) is 10.9 Å². The summed E-state index contributed by atoms with van der Waals surface area (Å²) in [6, 6.07) is 0. The van der Waals surface area contributed by atoms with Crippen molar-refractivity contribution in [1.82, 2.24) is 9.55 Å². The molecule has 1 atom stereocenters. The third kappa shape index (κ3) is 2.45. The molecule has 0 aliphatic heterocycles. The van der Waals surface area contributed by atoms with Gasteiger partial charge in [-0.1, -0.05) is 0 Å². The Morgan fingerprint density at radius 3 is 2.87 bits per heavy atom. The molecule has 0 aliphatic rings. The van der Waals surface area contributed by atoms with E-state index in [1.807, 2.05) is 0 Å². The Bertz CT molecular complexity index is 350. The number of aliphatic hydroxyl groups excluding tert-OH is 2. The monoisotopic (exact) mass is 215 g/mol. The number of nitrogens with zero attached hydrogens (tertiary/aromatic N) is 2. The maximum absolute atomic E-state index is 10.9. The van der Waals surface area contributed by atoms with Gasteiger partial charge in [0.1, 0.15) is 0 Å². The topological polar surface area (TPSA) is 108 Å². The van der Waals surface area contributed by atoms with Crippen LogP contribution in [0.2, 0.25) is 0 Å². The summed E-state index contributed by atoms with van der Waals surface area (Å²) in [4.78, 5) is 14.7. The number of anilines is 1. The van der Waals surface area contributed by atoms with Crippen molar-refractivity contribution in [3.05, 3.63) is 12.0 Å². The van der Waals surface area contributed by atoms with Crippen LogP contribution < -0.4 is 5.32 Å². The molecule has 1 aromatic rings. The third-order valence-electron chi connectivity index (χ3n) is 1.90. The molecule has 0 bridgehead atoms. The van der Waals surface area contributed by atoms with Crippen molar-refractivity contribution >= 4 is 11.8 Å². The smallest absolute Gasteiger partial charge is 0.356 e. The van der Waals surface area contributed by atoms with Crippen LogP contribution in [0.1, 0.15) is 10.5 Å². The van der Waals surface area contributed by atoms with E-state index in [1.54, 1.807) is 7.05 Å². The standard InChI is InChI=1S/C8H13N3O4/c1-9-7-6(8(14)15)11(4-10-7)2-5(13)3-12/h4-5,9,12-13H,2-3H2,1H3,(H,14,15). The molecule has 84 valence electrons. The molecule has 0 saturated heterocycles. The van der Waals surface area contributed by atoms with Gasteiger partial charge in [-0.2, -0.15) is 0 Å². The summed E-state index contributed by atoms with van der Waals surface area (Å²) in [6.45, 7) is -0.432. The van der Waals surface area contributed by atoms with Gasteiger partial charge in [-0.25, -0.2) is 9.78 Å². The van der Waals surface area contributed by atoms with E-state index in [0.717, 1.165) is 0 Å². The molecule has 1 aromatic heterocycles. The summed E-state index contributed by atoms with van der Waals surface area (Å²) in [5.41, 5.74) is -0.0370. The molecule has 1 unspecified atom stereocenters. The molecule has 0 saturated carbocycles. The first-order valence-corrected chi connectivity index (χ1v) is 4.35. The lowest BCUT2D eigenvalue weighted by Crippen LogP contribution is -2.22. The molecule has 1 heterocycles. The van der Waals surface area contributed by atoms with E-state index in [4.69, 9.17) is 10.2 Å². The minimum Gasteiger partial charge on any atom is -0.476 e. The lowest BCUT2D eigenvalue weighted by atomic mass is 10.3. The zero-order valence-corrected chi connectivity index (χ0v) is 8.21. The molecule has 1 rings (SSSR count). The summed E-state index contributed by atoms with van der Waals surface area (Å²) in [5, 5.41) is 29.4. The highest BCUT2D eigenvalue weighted by Gasteiger charge is 2.18. The molecule has 4 N–H and O–H groups in total. The Kier molecular flexibility index (Phi) is 3.64. The second-order valence-electron chi connectivity index (χ2n) is 2.99. The zero-order chi connectivity index (χ0) is 11.4. The summed E-state index contributed by atoms with van der Waals surface area (Å²) < 4.78 is 1.27. The van der Waals surface area contributed by atoms with Gasteiger partial charge in [0.15, 0.2) is 11.5 Å². The van der Waals surface area contributed by atoms with Crippen LogP contribution >= 0.6 is 0 Å². The minimum atomic E-state index is -1.14. The van der Waals surface area contributed by atoms with Crippen LogP contribution in [0.3, 0.4) is 0 Å². The van der Waals surface area contributed by atoms with Gasteiger partial charge in [-0.3, -0.25) is 0 Å². The largest absolute Gasteiger partial charge is 0.476 e. The predicted molar refractivity (Wildman–Crippen MR) is 51.8 cm³/mol. The number of aliphatic hydroxyl groups is 2. The van der Waals surface area contributed by atoms with Crippen LogP contribution in [0, 0.1) is 0 Å². The summed E-state index contributed by atoms with van der Waals surface area (Å²) in [5.74, 6) is -0.908. The van der Waals surface area contributed by atoms with Crippen molar-refractivity contribution < 1.29 is 20.1 Å². The van der Waals surface area contributed by atoms with Crippen LogP contribution in [-0.2, 0) is 6.54 Å². The molecule has 15 heavy (non-hydrogen) atoms. The number of carbonyl (C=O) groups is 1. The molecule has 0 amide bonds. The summed E-state index contributed by atoms with van der Waals surface area (Å²) in [6.07, 6.45) is 0.302. The fraction of sp³-hybridized carbons (Fsp3) is 0.500. The highest BCUT2D eigenvalue weighted by atomic mass is 16.4. The lowest BCUT2D eigenvalue weighted by molar-refractivity contribution is 0.0656. The molecule has 7 heteroatoms. The molecule has 0 radical (unpaired) electrons. The third-order valence-corrected chi connectivity index (χ3v) is 1.90. The maximum atomic E-state index is 10.9. The minimum absolute atomic E-state index is 0.00713. The van der Waals surface area contributed by atoms with Crippen molar-refractivity contribution in [2.45, 2.75) is 12.6 Å². The van der Waals surface area contributed by atoms with Crippen molar-refractivity contribution in [3.8, 4) is 0 Å². The fourth-order valence-electron chi connectivity index (χ4n) is 1.21. The Morgan fingerprint density at radius 1 is 1.73 bits per heavy atom. The highest BCUT2D eigenvalue weighted by molar-refractivity contribution is 5.91. The number of aromatic carboxylic acids is 1. The van der Waals surface area contributed by atoms with Gasteiger partial charge in [0.05, 0.1) is 25.6 Å². The van der Waals surface area contributed by atoms with Crippen LogP contribution in [0.25, 0.3) is 0 Å². The van der Waals surface area contributed by atoms with Crippen molar-refractivity contribution in [2.24, 2.45) is 0 Å². The van der Waals surface area contributed by atoms with Crippen molar-refractivity contribution in [3.63, 3.8) is 0 Å². The van der Waals surface area contributed by atoms with Crippen LogP contribution in [0.4, 0.5) is 5.82 Å². The van der Waals surface area contributed by atoms with Gasteiger partial charge in [0.25, 0.3) is 0 Å². The Labute approximate surface area is 86.0 Å². The van der Waals surface area contributed by atoms with Gasteiger partial charge < -0.3 is 25.2 Å². The molecule has 0 spiro atoms. The number of imidazole rings is 1. The number of carboxylic acid groups (broad SMARTS) is 1. The van der Waals surface area contributed by atoms with Crippen LogP contribution in [0.15, 0.2) is 6.33 Å². The van der Waals surface area contributed by atoms with Crippen LogP contribution in [-0.4, -0.2) is 50.6 Å². The van der Waals surface area contributed by atoms with Crippen LogP contribution in [0.5, 0.6) is 0 Å². The second-order valence-corrected chi connectivity index (χ2v) is 2.99. The molecule has 0 fully saturated rings. The number of carboxylic acids is 1. The number of rotatable bonds is 5. The first kappa shape index (κ1) is 11.5. The SMILES string of the molecule is CNc1ncn(CC(O)CO)c1C(=O)O. The average Bonchev–Trinajstić information content (AvgIpc) is 2.60. The average molecular weight is 215 g/mol. The lowest BCUT2D eigenvalue weighted by Gasteiger charge is -2.09. The van der Waals surface area contributed by atoms with Gasteiger partial charge in [-0.15, -0.1) is 0 Å². The van der Waals surface area contributed by atoms with Gasteiger partial charge in [0, 0.05) is 7.05 Å². The van der Waals surface area contributed by atoms with Crippen molar-refractivity contribution in [2.75, 3.05) is 19.0 Å². The van der Waals surface area contributed by atoms with E-state index >= 15 is 0 Å².